The minimum absolute atomic E-state index is 0.118. The number of rotatable bonds is 4. The number of hydrogen-bond donors (Lipinski definition) is 2. The second-order valence-electron chi connectivity index (χ2n) is 5.13. The van der Waals surface area contributed by atoms with Gasteiger partial charge in [0.25, 0.3) is 10.0 Å². The molecule has 4 nitrogen and oxygen atoms in total. The van der Waals surface area contributed by atoms with Crippen LogP contribution in [-0.2, 0) is 16.4 Å². The van der Waals surface area contributed by atoms with Gasteiger partial charge in [0, 0.05) is 5.69 Å². The Morgan fingerprint density at radius 1 is 1.10 bits per heavy atom. The van der Waals surface area contributed by atoms with E-state index >= 15 is 0 Å². The average Bonchev–Trinajstić information content (AvgIpc) is 2.42. The van der Waals surface area contributed by atoms with Crippen molar-refractivity contribution >= 4 is 21.4 Å². The van der Waals surface area contributed by atoms with Crippen LogP contribution in [0, 0.1) is 13.8 Å². The number of sulfonamides is 1. The van der Waals surface area contributed by atoms with Gasteiger partial charge in [-0.25, -0.2) is 8.42 Å². The normalized spacial score (nSPS) is 11.4. The van der Waals surface area contributed by atoms with Gasteiger partial charge in [0.2, 0.25) is 0 Å². The Morgan fingerprint density at radius 2 is 1.76 bits per heavy atom. The molecule has 0 fully saturated rings. The van der Waals surface area contributed by atoms with Gasteiger partial charge in [-0.15, -0.1) is 0 Å². The summed E-state index contributed by atoms with van der Waals surface area (Å²) in [5.41, 5.74) is 9.62. The average molecular weight is 304 g/mol. The lowest BCUT2D eigenvalue weighted by atomic mass is 10.1. The van der Waals surface area contributed by atoms with Crippen molar-refractivity contribution in [3.05, 3.63) is 53.1 Å². The molecule has 3 N–H and O–H groups in total. The topological polar surface area (TPSA) is 72.2 Å². The van der Waals surface area contributed by atoms with Gasteiger partial charge in [0.15, 0.2) is 0 Å². The zero-order chi connectivity index (χ0) is 15.6. The van der Waals surface area contributed by atoms with Crippen molar-refractivity contribution in [3.63, 3.8) is 0 Å². The number of nitrogens with one attached hydrogen (secondary N) is 1. The number of nitrogen functional groups attached to an aromatic ring is 1. The molecular formula is C16H20N2O2S. The minimum atomic E-state index is -3.68. The fourth-order valence-corrected chi connectivity index (χ4v) is 3.36. The smallest absolute Gasteiger partial charge is 0.263 e. The first kappa shape index (κ1) is 15.4. The number of hydrogen-bond acceptors (Lipinski definition) is 3. The van der Waals surface area contributed by atoms with Crippen LogP contribution in [0.25, 0.3) is 0 Å². The molecule has 0 radical (unpaired) electrons. The Morgan fingerprint density at radius 3 is 2.43 bits per heavy atom. The maximum absolute atomic E-state index is 12.5. The molecule has 0 saturated carbocycles. The van der Waals surface area contributed by atoms with Crippen molar-refractivity contribution in [1.29, 1.82) is 0 Å². The first-order valence-electron chi connectivity index (χ1n) is 6.82. The summed E-state index contributed by atoms with van der Waals surface area (Å²) in [4.78, 5) is 0.118. The van der Waals surface area contributed by atoms with Crippen LogP contribution in [0.4, 0.5) is 11.4 Å². The number of nitrogens with two attached hydrogens (primary N) is 1. The highest BCUT2D eigenvalue weighted by Gasteiger charge is 2.18. The second-order valence-corrected chi connectivity index (χ2v) is 6.78. The van der Waals surface area contributed by atoms with Gasteiger partial charge in [-0.1, -0.05) is 19.1 Å². The molecule has 0 unspecified atom stereocenters. The lowest BCUT2D eigenvalue weighted by Crippen LogP contribution is -2.15. The van der Waals surface area contributed by atoms with Crippen LogP contribution in [0.3, 0.4) is 0 Å². The van der Waals surface area contributed by atoms with Gasteiger partial charge < -0.3 is 5.73 Å². The molecule has 0 heterocycles. The Kier molecular flexibility index (Phi) is 4.23. The zero-order valence-electron chi connectivity index (χ0n) is 12.5. The van der Waals surface area contributed by atoms with Crippen molar-refractivity contribution in [2.24, 2.45) is 0 Å². The lowest BCUT2D eigenvalue weighted by molar-refractivity contribution is 0.601. The third-order valence-electron chi connectivity index (χ3n) is 3.50. The van der Waals surface area contributed by atoms with E-state index in [1.54, 1.807) is 18.2 Å². The number of anilines is 2. The van der Waals surface area contributed by atoms with E-state index in [-0.39, 0.29) is 10.6 Å². The zero-order valence-corrected chi connectivity index (χ0v) is 13.3. The van der Waals surface area contributed by atoms with Crippen LogP contribution in [0.5, 0.6) is 0 Å². The Balaban J connectivity index is 2.40. The third-order valence-corrected chi connectivity index (χ3v) is 4.94. The standard InChI is InChI=1S/C16H20N2O2S/c1-4-13-6-5-7-14(10-13)18-21(19,20)16-9-12(3)11(2)8-15(16)17/h5-10,18H,4,17H2,1-3H3. The molecule has 21 heavy (non-hydrogen) atoms. The Hall–Kier alpha value is -2.01. The molecule has 2 aromatic rings. The van der Waals surface area contributed by atoms with Crippen LogP contribution >= 0.6 is 0 Å². The summed E-state index contributed by atoms with van der Waals surface area (Å²) >= 11 is 0. The van der Waals surface area contributed by atoms with Crippen molar-refractivity contribution in [3.8, 4) is 0 Å². The molecule has 112 valence electrons. The quantitative estimate of drug-likeness (QED) is 0.852. The molecule has 0 atom stereocenters. The van der Waals surface area contributed by atoms with Gasteiger partial charge in [0.1, 0.15) is 4.90 Å². The van der Waals surface area contributed by atoms with Crippen LogP contribution in [-0.4, -0.2) is 8.42 Å². The number of benzene rings is 2. The van der Waals surface area contributed by atoms with Gasteiger partial charge in [0.05, 0.1) is 5.69 Å². The lowest BCUT2D eigenvalue weighted by Gasteiger charge is -2.13. The van der Waals surface area contributed by atoms with E-state index in [0.717, 1.165) is 23.1 Å². The van der Waals surface area contributed by atoms with Crippen molar-refractivity contribution in [2.75, 3.05) is 10.5 Å². The number of aryl methyl sites for hydroxylation is 3. The monoisotopic (exact) mass is 304 g/mol. The molecule has 2 aromatic carbocycles. The van der Waals surface area contributed by atoms with E-state index < -0.39 is 10.0 Å². The van der Waals surface area contributed by atoms with Crippen LogP contribution in [0.1, 0.15) is 23.6 Å². The molecular weight excluding hydrogens is 284 g/mol. The van der Waals surface area contributed by atoms with Gasteiger partial charge in [-0.2, -0.15) is 0 Å². The largest absolute Gasteiger partial charge is 0.398 e. The third kappa shape index (κ3) is 3.36. The Bertz CT molecular complexity index is 768. The summed E-state index contributed by atoms with van der Waals surface area (Å²) in [6, 6.07) is 10.6. The van der Waals surface area contributed by atoms with Gasteiger partial charge in [-0.05, 0) is 61.2 Å². The predicted octanol–water partition coefficient (Wildman–Crippen LogP) is 3.25. The maximum atomic E-state index is 12.5. The van der Waals surface area contributed by atoms with Gasteiger partial charge in [-0.3, -0.25) is 4.72 Å². The molecule has 0 aliphatic rings. The van der Waals surface area contributed by atoms with Gasteiger partial charge >= 0.3 is 0 Å². The molecule has 0 bridgehead atoms. The summed E-state index contributed by atoms with van der Waals surface area (Å²) in [6.07, 6.45) is 0.849. The molecule has 5 heteroatoms. The molecule has 0 aromatic heterocycles. The molecule has 2 rings (SSSR count). The maximum Gasteiger partial charge on any atom is 0.263 e. The molecule has 0 aliphatic heterocycles. The van der Waals surface area contributed by atoms with Crippen LogP contribution in [0.2, 0.25) is 0 Å². The fourth-order valence-electron chi connectivity index (χ4n) is 2.11. The first-order chi connectivity index (χ1) is 9.83. The first-order valence-corrected chi connectivity index (χ1v) is 8.30. The minimum Gasteiger partial charge on any atom is -0.398 e. The van der Waals surface area contributed by atoms with E-state index in [9.17, 15) is 8.42 Å². The van der Waals surface area contributed by atoms with Crippen molar-refractivity contribution in [1.82, 2.24) is 0 Å². The molecule has 0 aliphatic carbocycles. The Labute approximate surface area is 126 Å². The van der Waals surface area contributed by atoms with E-state index in [1.165, 1.54) is 0 Å². The van der Waals surface area contributed by atoms with E-state index in [1.807, 2.05) is 39.0 Å². The van der Waals surface area contributed by atoms with E-state index in [0.29, 0.717) is 5.69 Å². The van der Waals surface area contributed by atoms with Crippen LogP contribution < -0.4 is 10.5 Å². The summed E-state index contributed by atoms with van der Waals surface area (Å²) in [5, 5.41) is 0. The van der Waals surface area contributed by atoms with Crippen LogP contribution in [0.15, 0.2) is 41.3 Å². The summed E-state index contributed by atoms with van der Waals surface area (Å²) in [5.74, 6) is 0. The molecule has 0 spiro atoms. The second kappa shape index (κ2) is 5.77. The fraction of sp³-hybridized carbons (Fsp3) is 0.250. The van der Waals surface area contributed by atoms with E-state index in [2.05, 4.69) is 4.72 Å². The highest BCUT2D eigenvalue weighted by molar-refractivity contribution is 7.92. The molecule has 0 amide bonds. The SMILES string of the molecule is CCc1cccc(NS(=O)(=O)c2cc(C)c(C)cc2N)c1. The summed E-state index contributed by atoms with van der Waals surface area (Å²) < 4.78 is 27.6. The summed E-state index contributed by atoms with van der Waals surface area (Å²) in [7, 11) is -3.68. The summed E-state index contributed by atoms with van der Waals surface area (Å²) in [6.45, 7) is 5.79. The van der Waals surface area contributed by atoms with E-state index in [4.69, 9.17) is 5.73 Å². The highest BCUT2D eigenvalue weighted by Crippen LogP contribution is 2.25. The predicted molar refractivity (Wildman–Crippen MR) is 87.0 cm³/mol. The van der Waals surface area contributed by atoms with Crippen molar-refractivity contribution in [2.45, 2.75) is 32.1 Å². The molecule has 0 saturated heterocycles. The highest BCUT2D eigenvalue weighted by atomic mass is 32.2. The van der Waals surface area contributed by atoms with Crippen molar-refractivity contribution < 1.29 is 8.42 Å².